The summed E-state index contributed by atoms with van der Waals surface area (Å²) in [6, 6.07) is 0. The van der Waals surface area contributed by atoms with Gasteiger partial charge < -0.3 is 10.8 Å². The summed E-state index contributed by atoms with van der Waals surface area (Å²) in [6.45, 7) is 3.13. The van der Waals surface area contributed by atoms with Crippen molar-refractivity contribution < 1.29 is 5.11 Å². The van der Waals surface area contributed by atoms with Gasteiger partial charge in [-0.1, -0.05) is 0 Å². The zero-order chi connectivity index (χ0) is 10.2. The fraction of sp³-hybridized carbons (Fsp3) is 0.700. The Labute approximate surface area is 83.7 Å². The smallest absolute Gasteiger partial charge is 0.108 e. The van der Waals surface area contributed by atoms with Gasteiger partial charge in [0.25, 0.3) is 0 Å². The Morgan fingerprint density at radius 3 is 2.86 bits per heavy atom. The largest absolute Gasteiger partial charge is 0.383 e. The molecule has 0 amide bonds. The predicted molar refractivity (Wildman–Crippen MR) is 53.6 cm³/mol. The van der Waals surface area contributed by atoms with E-state index in [1.165, 1.54) is 0 Å². The molecule has 0 aromatic carbocycles. The average molecular weight is 195 g/mol. The normalized spacial score (nSPS) is 20.8. The third-order valence-electron chi connectivity index (χ3n) is 3.02. The summed E-state index contributed by atoms with van der Waals surface area (Å²) in [6.07, 6.45) is 5.77. The second-order valence-electron chi connectivity index (χ2n) is 3.99. The van der Waals surface area contributed by atoms with Crippen molar-refractivity contribution >= 4 is 0 Å². The fourth-order valence-electron chi connectivity index (χ4n) is 1.84. The summed E-state index contributed by atoms with van der Waals surface area (Å²) in [5.74, 6) is 0.335. The first-order valence-corrected chi connectivity index (χ1v) is 5.16. The summed E-state index contributed by atoms with van der Waals surface area (Å²) in [5, 5.41) is 14.5. The Morgan fingerprint density at radius 2 is 2.43 bits per heavy atom. The number of nitrogens with zero attached hydrogens (tertiary/aromatic N) is 2. The molecule has 0 bridgehead atoms. The molecule has 1 saturated carbocycles. The second kappa shape index (κ2) is 3.37. The zero-order valence-corrected chi connectivity index (χ0v) is 8.48. The molecule has 1 unspecified atom stereocenters. The Bertz CT molecular complexity index is 319. The van der Waals surface area contributed by atoms with E-state index in [0.717, 1.165) is 24.9 Å². The van der Waals surface area contributed by atoms with E-state index in [1.807, 2.05) is 17.8 Å². The molecule has 1 heterocycles. The lowest BCUT2D eigenvalue weighted by atomic mass is 9.91. The molecule has 0 aliphatic heterocycles. The quantitative estimate of drug-likeness (QED) is 0.733. The monoisotopic (exact) mass is 195 g/mol. The van der Waals surface area contributed by atoms with Gasteiger partial charge in [0.15, 0.2) is 0 Å². The standard InChI is InChI=1S/C10H17N3O/c1-2-13-6-9(5-12-13)10(14,7-11)8-3-4-8/h5-6,8,14H,2-4,7,11H2,1H3. The van der Waals surface area contributed by atoms with E-state index < -0.39 is 5.60 Å². The molecule has 1 fully saturated rings. The van der Waals surface area contributed by atoms with Crippen molar-refractivity contribution in [2.45, 2.75) is 31.9 Å². The van der Waals surface area contributed by atoms with Crippen molar-refractivity contribution in [3.8, 4) is 0 Å². The van der Waals surface area contributed by atoms with Gasteiger partial charge in [-0.2, -0.15) is 5.10 Å². The maximum Gasteiger partial charge on any atom is 0.108 e. The van der Waals surface area contributed by atoms with Gasteiger partial charge in [0.05, 0.1) is 6.20 Å². The number of aryl methyl sites for hydroxylation is 1. The summed E-state index contributed by atoms with van der Waals surface area (Å²) >= 11 is 0. The Balaban J connectivity index is 2.26. The number of rotatable bonds is 4. The Hall–Kier alpha value is -0.870. The highest BCUT2D eigenvalue weighted by molar-refractivity contribution is 5.19. The van der Waals surface area contributed by atoms with Crippen molar-refractivity contribution in [2.75, 3.05) is 6.54 Å². The van der Waals surface area contributed by atoms with Gasteiger partial charge >= 0.3 is 0 Å². The molecule has 4 nitrogen and oxygen atoms in total. The summed E-state index contributed by atoms with van der Waals surface area (Å²) in [7, 11) is 0. The van der Waals surface area contributed by atoms with Crippen molar-refractivity contribution in [2.24, 2.45) is 11.7 Å². The predicted octanol–water partition coefficient (Wildman–Crippen LogP) is 0.459. The summed E-state index contributed by atoms with van der Waals surface area (Å²) in [4.78, 5) is 0. The van der Waals surface area contributed by atoms with Gasteiger partial charge in [0, 0.05) is 24.8 Å². The molecular weight excluding hydrogens is 178 g/mol. The van der Waals surface area contributed by atoms with Crippen LogP contribution >= 0.6 is 0 Å². The second-order valence-corrected chi connectivity index (χ2v) is 3.99. The van der Waals surface area contributed by atoms with Crippen molar-refractivity contribution in [3.63, 3.8) is 0 Å². The molecule has 2 rings (SSSR count). The number of hydrogen-bond acceptors (Lipinski definition) is 3. The van der Waals surface area contributed by atoms with Crippen molar-refractivity contribution in [1.82, 2.24) is 9.78 Å². The molecule has 1 aromatic rings. The first-order valence-electron chi connectivity index (χ1n) is 5.16. The van der Waals surface area contributed by atoms with Gasteiger partial charge in [-0.15, -0.1) is 0 Å². The van der Waals surface area contributed by atoms with Crippen LogP contribution in [0.15, 0.2) is 12.4 Å². The maximum atomic E-state index is 10.4. The summed E-state index contributed by atoms with van der Waals surface area (Å²) in [5.41, 5.74) is 5.67. The zero-order valence-electron chi connectivity index (χ0n) is 8.48. The third kappa shape index (κ3) is 1.44. The van der Waals surface area contributed by atoms with Gasteiger partial charge in [-0.05, 0) is 25.7 Å². The number of nitrogens with two attached hydrogens (primary N) is 1. The molecular formula is C10H17N3O. The van der Waals surface area contributed by atoms with E-state index in [4.69, 9.17) is 5.73 Å². The minimum absolute atomic E-state index is 0.285. The van der Waals surface area contributed by atoms with Crippen molar-refractivity contribution in [1.29, 1.82) is 0 Å². The minimum Gasteiger partial charge on any atom is -0.383 e. The lowest BCUT2D eigenvalue weighted by molar-refractivity contribution is 0.0221. The number of aromatic nitrogens is 2. The maximum absolute atomic E-state index is 10.4. The van der Waals surface area contributed by atoms with Gasteiger partial charge in [0.2, 0.25) is 0 Å². The lowest BCUT2D eigenvalue weighted by Crippen LogP contribution is -2.36. The van der Waals surface area contributed by atoms with Crippen molar-refractivity contribution in [3.05, 3.63) is 18.0 Å². The van der Waals surface area contributed by atoms with Gasteiger partial charge in [0.1, 0.15) is 5.60 Å². The minimum atomic E-state index is -0.840. The fourth-order valence-corrected chi connectivity index (χ4v) is 1.84. The molecule has 0 spiro atoms. The molecule has 1 aliphatic rings. The van der Waals surface area contributed by atoms with Crippen LogP contribution in [-0.2, 0) is 12.1 Å². The molecule has 1 atom stereocenters. The van der Waals surface area contributed by atoms with Gasteiger partial charge in [-0.25, -0.2) is 0 Å². The van der Waals surface area contributed by atoms with Crippen LogP contribution in [0.2, 0.25) is 0 Å². The van der Waals surface area contributed by atoms with Crippen LogP contribution in [0.1, 0.15) is 25.3 Å². The molecule has 4 heteroatoms. The van der Waals surface area contributed by atoms with Crippen LogP contribution in [0.25, 0.3) is 0 Å². The molecule has 3 N–H and O–H groups in total. The third-order valence-corrected chi connectivity index (χ3v) is 3.02. The van der Waals surface area contributed by atoms with Crippen LogP contribution in [-0.4, -0.2) is 21.4 Å². The SMILES string of the molecule is CCn1cc(C(O)(CN)C2CC2)cn1. The van der Waals surface area contributed by atoms with Gasteiger partial charge in [-0.3, -0.25) is 4.68 Å². The van der Waals surface area contributed by atoms with E-state index in [0.29, 0.717) is 5.92 Å². The van der Waals surface area contributed by atoms with E-state index in [1.54, 1.807) is 6.20 Å². The van der Waals surface area contributed by atoms with E-state index in [2.05, 4.69) is 5.10 Å². The highest BCUT2D eigenvalue weighted by atomic mass is 16.3. The molecule has 1 aromatic heterocycles. The van der Waals surface area contributed by atoms with E-state index >= 15 is 0 Å². The molecule has 0 saturated heterocycles. The molecule has 78 valence electrons. The summed E-state index contributed by atoms with van der Waals surface area (Å²) < 4.78 is 1.82. The van der Waals surface area contributed by atoms with Crippen LogP contribution in [0, 0.1) is 5.92 Å². The Kier molecular flexibility index (Phi) is 2.33. The highest BCUT2D eigenvalue weighted by Gasteiger charge is 2.44. The van der Waals surface area contributed by atoms with Crippen LogP contribution in [0.4, 0.5) is 0 Å². The first-order chi connectivity index (χ1) is 6.70. The topological polar surface area (TPSA) is 64.1 Å². The van der Waals surface area contributed by atoms with E-state index in [-0.39, 0.29) is 6.54 Å². The molecule has 0 radical (unpaired) electrons. The van der Waals surface area contributed by atoms with Crippen LogP contribution in [0.3, 0.4) is 0 Å². The van der Waals surface area contributed by atoms with E-state index in [9.17, 15) is 5.11 Å². The highest BCUT2D eigenvalue weighted by Crippen LogP contribution is 2.44. The molecule has 14 heavy (non-hydrogen) atoms. The first kappa shape index (κ1) is 9.68. The lowest BCUT2D eigenvalue weighted by Gasteiger charge is -2.24. The number of hydrogen-bond donors (Lipinski definition) is 2. The Morgan fingerprint density at radius 1 is 1.71 bits per heavy atom. The average Bonchev–Trinajstić information content (AvgIpc) is 2.95. The van der Waals surface area contributed by atoms with Crippen LogP contribution < -0.4 is 5.73 Å². The number of aliphatic hydroxyl groups is 1. The molecule has 1 aliphatic carbocycles. The van der Waals surface area contributed by atoms with Crippen LogP contribution in [0.5, 0.6) is 0 Å².